The number of sulfonamides is 1. The first kappa shape index (κ1) is 23.1. The molecule has 10 heteroatoms. The van der Waals surface area contributed by atoms with Crippen LogP contribution in [0.25, 0.3) is 22.6 Å². The lowest BCUT2D eigenvalue weighted by atomic mass is 10.2. The number of hydrogen-bond donors (Lipinski definition) is 0. The van der Waals surface area contributed by atoms with Crippen molar-refractivity contribution < 1.29 is 22.4 Å². The number of benzene rings is 3. The van der Waals surface area contributed by atoms with Crippen LogP contribution in [0.4, 0.5) is 5.69 Å². The van der Waals surface area contributed by atoms with E-state index < -0.39 is 27.9 Å². The van der Waals surface area contributed by atoms with Gasteiger partial charge in [-0.3, -0.25) is 9.59 Å². The third-order valence-electron chi connectivity index (χ3n) is 6.39. The Bertz CT molecular complexity index is 1560. The quantitative estimate of drug-likeness (QED) is 0.313. The maximum Gasteiger partial charge on any atom is 0.252 e. The molecule has 1 atom stereocenters. The zero-order chi connectivity index (χ0) is 25.0. The summed E-state index contributed by atoms with van der Waals surface area (Å²) in [5.74, 6) is -0.543. The predicted octanol–water partition coefficient (Wildman–Crippen LogP) is 4.74. The second-order valence-electron chi connectivity index (χ2n) is 8.84. The Morgan fingerprint density at radius 3 is 2.31 bits per heavy atom. The Morgan fingerprint density at radius 2 is 1.64 bits per heavy atom. The van der Waals surface area contributed by atoms with Crippen LogP contribution in [0.3, 0.4) is 0 Å². The van der Waals surface area contributed by atoms with Crippen molar-refractivity contribution in [1.29, 1.82) is 0 Å². The van der Waals surface area contributed by atoms with E-state index in [1.807, 2.05) is 24.3 Å². The van der Waals surface area contributed by atoms with Gasteiger partial charge in [0.25, 0.3) is 5.91 Å². The molecule has 1 aliphatic heterocycles. The lowest BCUT2D eigenvalue weighted by molar-refractivity contribution is -0.122. The second kappa shape index (κ2) is 8.65. The third kappa shape index (κ3) is 3.95. The topological polar surface area (TPSA) is 101 Å². The maximum atomic E-state index is 13.5. The Labute approximate surface area is 215 Å². The van der Waals surface area contributed by atoms with E-state index in [0.717, 1.165) is 14.9 Å². The van der Waals surface area contributed by atoms with Gasteiger partial charge in [-0.15, -0.1) is 0 Å². The normalized spacial score (nSPS) is 18.5. The van der Waals surface area contributed by atoms with Crippen LogP contribution in [0.15, 0.2) is 86.6 Å². The monoisotopic (exact) mass is 565 g/mol. The Balaban J connectivity index is 1.29. The molecule has 8 nitrogen and oxygen atoms in total. The van der Waals surface area contributed by atoms with E-state index in [-0.39, 0.29) is 17.4 Å². The summed E-state index contributed by atoms with van der Waals surface area (Å²) in [6.45, 7) is 0. The highest BCUT2D eigenvalue weighted by Gasteiger charge is 2.51. The minimum atomic E-state index is -3.96. The minimum Gasteiger partial charge on any atom is -0.436 e. The van der Waals surface area contributed by atoms with E-state index >= 15 is 0 Å². The van der Waals surface area contributed by atoms with E-state index in [4.69, 9.17) is 4.42 Å². The van der Waals surface area contributed by atoms with Crippen molar-refractivity contribution >= 4 is 54.6 Å². The van der Waals surface area contributed by atoms with Crippen LogP contribution in [-0.4, -0.2) is 41.6 Å². The summed E-state index contributed by atoms with van der Waals surface area (Å²) in [4.78, 5) is 32.1. The molecular formula is C26H20BrN3O5S. The number of carbonyl (C=O) groups excluding carboxylic acids is 2. The number of para-hydroxylation sites is 2. The second-order valence-corrected chi connectivity index (χ2v) is 11.6. The standard InChI is InChI=1S/C26H20BrN3O5S/c27-17-7-13-20(14-8-17)36(33,34)30(19-11-12-19)22-15-24(31)29(26(22)32)18-9-5-16(6-10-18)25-28-21-3-1-2-4-23(21)35-25/h1-10,13-14,19,22H,11-12,15H2. The summed E-state index contributed by atoms with van der Waals surface area (Å²) in [7, 11) is -3.96. The molecule has 36 heavy (non-hydrogen) atoms. The van der Waals surface area contributed by atoms with Gasteiger partial charge in [0.1, 0.15) is 11.6 Å². The fourth-order valence-electron chi connectivity index (χ4n) is 4.51. The molecule has 1 saturated heterocycles. The maximum absolute atomic E-state index is 13.5. The largest absolute Gasteiger partial charge is 0.436 e. The minimum absolute atomic E-state index is 0.0963. The molecule has 0 bridgehead atoms. The Hall–Kier alpha value is -3.34. The van der Waals surface area contributed by atoms with Crippen molar-refractivity contribution in [1.82, 2.24) is 9.29 Å². The van der Waals surface area contributed by atoms with Crippen LogP contribution in [0.2, 0.25) is 0 Å². The van der Waals surface area contributed by atoms with E-state index in [1.165, 1.54) is 16.4 Å². The van der Waals surface area contributed by atoms with E-state index in [0.29, 0.717) is 35.6 Å². The molecule has 1 saturated carbocycles. The molecule has 0 N–H and O–H groups in total. The zero-order valence-corrected chi connectivity index (χ0v) is 21.3. The number of hydrogen-bond acceptors (Lipinski definition) is 6. The molecule has 0 spiro atoms. The van der Waals surface area contributed by atoms with Gasteiger partial charge in [0, 0.05) is 16.1 Å². The first-order valence-corrected chi connectivity index (χ1v) is 13.7. The van der Waals surface area contributed by atoms with Gasteiger partial charge in [-0.25, -0.2) is 18.3 Å². The first-order chi connectivity index (χ1) is 17.3. The van der Waals surface area contributed by atoms with Gasteiger partial charge in [-0.05, 0) is 73.5 Å². The molecule has 1 unspecified atom stereocenters. The number of aromatic nitrogens is 1. The average Bonchev–Trinajstić information content (AvgIpc) is 3.52. The Kier molecular flexibility index (Phi) is 5.55. The number of rotatable bonds is 6. The molecule has 2 amide bonds. The molecule has 3 aromatic carbocycles. The number of oxazole rings is 1. The fraction of sp³-hybridized carbons (Fsp3) is 0.192. The number of imide groups is 1. The zero-order valence-electron chi connectivity index (χ0n) is 18.9. The summed E-state index contributed by atoms with van der Waals surface area (Å²) in [6, 6.07) is 19.1. The molecule has 2 fully saturated rings. The van der Waals surface area contributed by atoms with Crippen LogP contribution in [0.1, 0.15) is 19.3 Å². The number of fused-ring (bicyclic) bond motifs is 1. The van der Waals surface area contributed by atoms with Gasteiger partial charge < -0.3 is 4.42 Å². The number of halogens is 1. The van der Waals surface area contributed by atoms with Crippen LogP contribution >= 0.6 is 15.9 Å². The van der Waals surface area contributed by atoms with Gasteiger partial charge in [0.15, 0.2) is 5.58 Å². The van der Waals surface area contributed by atoms with E-state index in [2.05, 4.69) is 20.9 Å². The first-order valence-electron chi connectivity index (χ1n) is 11.4. The third-order valence-corrected chi connectivity index (χ3v) is 8.90. The van der Waals surface area contributed by atoms with Crippen molar-refractivity contribution in [3.8, 4) is 11.5 Å². The smallest absolute Gasteiger partial charge is 0.252 e. The van der Waals surface area contributed by atoms with Crippen molar-refractivity contribution in [3.63, 3.8) is 0 Å². The van der Waals surface area contributed by atoms with E-state index in [1.54, 1.807) is 36.4 Å². The number of amides is 2. The van der Waals surface area contributed by atoms with Gasteiger partial charge in [0.05, 0.1) is 17.0 Å². The summed E-state index contributed by atoms with van der Waals surface area (Å²) < 4.78 is 34.8. The van der Waals surface area contributed by atoms with Gasteiger partial charge >= 0.3 is 0 Å². The lowest BCUT2D eigenvalue weighted by Gasteiger charge is -2.26. The fourth-order valence-corrected chi connectivity index (χ4v) is 6.60. The van der Waals surface area contributed by atoms with Crippen molar-refractivity contribution in [2.24, 2.45) is 0 Å². The van der Waals surface area contributed by atoms with Crippen molar-refractivity contribution in [2.45, 2.75) is 36.2 Å². The average molecular weight is 566 g/mol. The van der Waals surface area contributed by atoms with Gasteiger partial charge in [-0.1, -0.05) is 28.1 Å². The van der Waals surface area contributed by atoms with Crippen LogP contribution < -0.4 is 4.90 Å². The molecule has 6 rings (SSSR count). The summed E-state index contributed by atoms with van der Waals surface area (Å²) in [5, 5.41) is 0. The van der Waals surface area contributed by atoms with E-state index in [9.17, 15) is 18.0 Å². The summed E-state index contributed by atoms with van der Waals surface area (Å²) in [6.07, 6.45) is 1.12. The molecule has 1 aliphatic carbocycles. The molecular weight excluding hydrogens is 546 g/mol. The highest BCUT2D eigenvalue weighted by Crippen LogP contribution is 2.38. The molecule has 182 valence electrons. The molecule has 2 aliphatic rings. The number of carbonyl (C=O) groups is 2. The molecule has 1 aromatic heterocycles. The highest BCUT2D eigenvalue weighted by molar-refractivity contribution is 9.10. The van der Waals surface area contributed by atoms with Gasteiger partial charge in [0.2, 0.25) is 21.8 Å². The predicted molar refractivity (Wildman–Crippen MR) is 137 cm³/mol. The summed E-state index contributed by atoms with van der Waals surface area (Å²) >= 11 is 3.31. The number of nitrogens with zero attached hydrogens (tertiary/aromatic N) is 3. The van der Waals surface area contributed by atoms with Gasteiger partial charge in [-0.2, -0.15) is 4.31 Å². The molecule has 2 heterocycles. The van der Waals surface area contributed by atoms with Crippen LogP contribution in [-0.2, 0) is 19.6 Å². The van der Waals surface area contributed by atoms with Crippen LogP contribution in [0.5, 0.6) is 0 Å². The Morgan fingerprint density at radius 1 is 0.944 bits per heavy atom. The SMILES string of the molecule is O=C1CC(N(C2CC2)S(=O)(=O)c2ccc(Br)cc2)C(=O)N1c1ccc(-c2nc3ccccc3o2)cc1. The lowest BCUT2D eigenvalue weighted by Crippen LogP contribution is -2.46. The molecule has 0 radical (unpaired) electrons. The molecule has 4 aromatic rings. The summed E-state index contributed by atoms with van der Waals surface area (Å²) in [5.41, 5.74) is 2.47. The highest BCUT2D eigenvalue weighted by atomic mass is 79.9. The van der Waals surface area contributed by atoms with Crippen molar-refractivity contribution in [3.05, 3.63) is 77.3 Å². The van der Waals surface area contributed by atoms with Crippen molar-refractivity contribution in [2.75, 3.05) is 4.90 Å². The number of anilines is 1. The van der Waals surface area contributed by atoms with Crippen LogP contribution in [0, 0.1) is 0 Å².